The average Bonchev–Trinajstić information content (AvgIpc) is 2.70. The van der Waals surface area contributed by atoms with Gasteiger partial charge in [0.25, 0.3) is 0 Å². The smallest absolute Gasteiger partial charge is 0.326 e. The quantitative estimate of drug-likeness (QED) is 0.762. The van der Waals surface area contributed by atoms with Crippen LogP contribution in [-0.2, 0) is 4.79 Å². The summed E-state index contributed by atoms with van der Waals surface area (Å²) in [6.07, 6.45) is 1.05. The van der Waals surface area contributed by atoms with Gasteiger partial charge in [0.15, 0.2) is 0 Å². The van der Waals surface area contributed by atoms with Crippen molar-refractivity contribution < 1.29 is 19.8 Å². The highest BCUT2D eigenvalue weighted by molar-refractivity contribution is 5.83. The fourth-order valence-corrected chi connectivity index (χ4v) is 2.28. The third-order valence-electron chi connectivity index (χ3n) is 3.07. The highest BCUT2D eigenvalue weighted by atomic mass is 16.4. The maximum Gasteiger partial charge on any atom is 0.326 e. The molecular weight excluding hydrogens is 236 g/mol. The van der Waals surface area contributed by atoms with Crippen molar-refractivity contribution in [3.05, 3.63) is 0 Å². The first kappa shape index (κ1) is 14.8. The molecule has 1 aliphatic rings. The molecule has 2 atom stereocenters. The molecule has 0 saturated carbocycles. The normalized spacial score (nSPS) is 23.2. The van der Waals surface area contributed by atoms with E-state index in [9.17, 15) is 14.7 Å². The zero-order valence-corrected chi connectivity index (χ0v) is 11.0. The van der Waals surface area contributed by atoms with E-state index in [0.29, 0.717) is 13.1 Å². The second-order valence-corrected chi connectivity index (χ2v) is 4.67. The number of carboxylic acid groups (broad SMARTS) is 1. The van der Waals surface area contributed by atoms with Crippen LogP contribution in [0.3, 0.4) is 0 Å². The highest BCUT2D eigenvalue weighted by Gasteiger charge is 2.40. The van der Waals surface area contributed by atoms with E-state index in [-0.39, 0.29) is 19.0 Å². The fourth-order valence-electron chi connectivity index (χ4n) is 2.28. The lowest BCUT2D eigenvalue weighted by Crippen LogP contribution is -2.48. The minimum Gasteiger partial charge on any atom is -0.480 e. The van der Waals surface area contributed by atoms with Crippen molar-refractivity contribution in [3.63, 3.8) is 0 Å². The van der Waals surface area contributed by atoms with Crippen LogP contribution in [-0.4, -0.2) is 63.8 Å². The molecule has 1 rings (SSSR count). The molecule has 0 unspecified atom stereocenters. The van der Waals surface area contributed by atoms with Crippen LogP contribution >= 0.6 is 0 Å². The molecule has 0 bridgehead atoms. The molecule has 1 saturated heterocycles. The van der Waals surface area contributed by atoms with Crippen LogP contribution < -0.4 is 0 Å². The lowest BCUT2D eigenvalue weighted by Gasteiger charge is -2.29. The molecule has 0 spiro atoms. The molecule has 0 aromatic carbocycles. The molecule has 104 valence electrons. The number of aliphatic carboxylic acids is 1. The van der Waals surface area contributed by atoms with Crippen molar-refractivity contribution in [1.29, 1.82) is 0 Å². The Kier molecular flexibility index (Phi) is 5.40. The molecule has 2 amide bonds. The summed E-state index contributed by atoms with van der Waals surface area (Å²) in [6.45, 7) is 5.30. The average molecular weight is 258 g/mol. The molecule has 2 N–H and O–H groups in total. The Hall–Kier alpha value is -1.30. The van der Waals surface area contributed by atoms with Crippen molar-refractivity contribution >= 4 is 12.0 Å². The maximum atomic E-state index is 12.3. The SMILES string of the molecule is CCCN(CCC)C(=O)N1C[C@@H](O)C[C@H]1C(=O)O. The number of nitrogens with zero attached hydrogens (tertiary/aromatic N) is 2. The number of aliphatic hydroxyl groups excluding tert-OH is 1. The van der Waals surface area contributed by atoms with Crippen molar-refractivity contribution in [1.82, 2.24) is 9.80 Å². The number of urea groups is 1. The number of carbonyl (C=O) groups excluding carboxylic acids is 1. The van der Waals surface area contributed by atoms with Crippen LogP contribution in [0.25, 0.3) is 0 Å². The van der Waals surface area contributed by atoms with Crippen LogP contribution in [0.5, 0.6) is 0 Å². The summed E-state index contributed by atoms with van der Waals surface area (Å²) in [4.78, 5) is 26.3. The van der Waals surface area contributed by atoms with Gasteiger partial charge in [0, 0.05) is 26.1 Å². The van der Waals surface area contributed by atoms with E-state index in [1.54, 1.807) is 4.90 Å². The number of rotatable bonds is 5. The van der Waals surface area contributed by atoms with Crippen LogP contribution in [0.1, 0.15) is 33.1 Å². The molecule has 0 radical (unpaired) electrons. The monoisotopic (exact) mass is 258 g/mol. The van der Waals surface area contributed by atoms with E-state index in [4.69, 9.17) is 5.11 Å². The Morgan fingerprint density at radius 3 is 2.28 bits per heavy atom. The van der Waals surface area contributed by atoms with E-state index < -0.39 is 18.1 Å². The number of likely N-dealkylation sites (tertiary alicyclic amines) is 1. The topological polar surface area (TPSA) is 81.1 Å². The maximum absolute atomic E-state index is 12.3. The Morgan fingerprint density at radius 1 is 1.28 bits per heavy atom. The highest BCUT2D eigenvalue weighted by Crippen LogP contribution is 2.20. The van der Waals surface area contributed by atoms with Crippen molar-refractivity contribution in [2.24, 2.45) is 0 Å². The van der Waals surface area contributed by atoms with Gasteiger partial charge in [-0.2, -0.15) is 0 Å². The van der Waals surface area contributed by atoms with Gasteiger partial charge in [-0.3, -0.25) is 0 Å². The predicted molar refractivity (Wildman–Crippen MR) is 66.3 cm³/mol. The Morgan fingerprint density at radius 2 is 1.83 bits per heavy atom. The van der Waals surface area contributed by atoms with Gasteiger partial charge >= 0.3 is 12.0 Å². The van der Waals surface area contributed by atoms with Crippen molar-refractivity contribution in [3.8, 4) is 0 Å². The number of carboxylic acids is 1. The van der Waals surface area contributed by atoms with Crippen LogP contribution in [0.4, 0.5) is 4.79 Å². The number of amides is 2. The van der Waals surface area contributed by atoms with Gasteiger partial charge in [-0.05, 0) is 12.8 Å². The molecular formula is C12H22N2O4. The van der Waals surface area contributed by atoms with E-state index in [0.717, 1.165) is 12.8 Å². The molecule has 0 aromatic heterocycles. The van der Waals surface area contributed by atoms with Crippen LogP contribution in [0, 0.1) is 0 Å². The molecule has 6 heteroatoms. The minimum absolute atomic E-state index is 0.111. The third kappa shape index (κ3) is 3.35. The minimum atomic E-state index is -1.05. The van der Waals surface area contributed by atoms with Gasteiger partial charge in [0.1, 0.15) is 6.04 Å². The predicted octanol–water partition coefficient (Wildman–Crippen LogP) is 0.748. The number of carbonyl (C=O) groups is 2. The summed E-state index contributed by atoms with van der Waals surface area (Å²) in [7, 11) is 0. The van der Waals surface area contributed by atoms with Gasteiger partial charge in [-0.15, -0.1) is 0 Å². The van der Waals surface area contributed by atoms with Crippen LogP contribution in [0.15, 0.2) is 0 Å². The number of aliphatic hydroxyl groups is 1. The molecule has 0 aromatic rings. The van der Waals surface area contributed by atoms with E-state index >= 15 is 0 Å². The lowest BCUT2D eigenvalue weighted by molar-refractivity contribution is -0.141. The first-order valence-electron chi connectivity index (χ1n) is 6.47. The molecule has 18 heavy (non-hydrogen) atoms. The van der Waals surface area contributed by atoms with Crippen molar-refractivity contribution in [2.75, 3.05) is 19.6 Å². The number of hydrogen-bond acceptors (Lipinski definition) is 3. The van der Waals surface area contributed by atoms with E-state index in [2.05, 4.69) is 0 Å². The Bertz CT molecular complexity index is 302. The number of β-amino-alcohol motifs (C(OH)–C–C–N with tert-alkyl or cyclic N) is 1. The van der Waals surface area contributed by atoms with Gasteiger partial charge in [0.05, 0.1) is 6.10 Å². The zero-order valence-electron chi connectivity index (χ0n) is 11.0. The van der Waals surface area contributed by atoms with Gasteiger partial charge in [0.2, 0.25) is 0 Å². The number of hydrogen-bond donors (Lipinski definition) is 2. The second kappa shape index (κ2) is 6.58. The van der Waals surface area contributed by atoms with E-state index in [1.807, 2.05) is 13.8 Å². The van der Waals surface area contributed by atoms with Gasteiger partial charge in [-0.25, -0.2) is 9.59 Å². The molecule has 1 aliphatic heterocycles. The Balaban J connectivity index is 2.76. The first-order chi connectivity index (χ1) is 8.51. The third-order valence-corrected chi connectivity index (χ3v) is 3.07. The fraction of sp³-hybridized carbons (Fsp3) is 0.833. The summed E-state index contributed by atoms with van der Waals surface area (Å²) < 4.78 is 0. The van der Waals surface area contributed by atoms with Gasteiger partial charge in [-0.1, -0.05) is 13.8 Å². The molecule has 6 nitrogen and oxygen atoms in total. The summed E-state index contributed by atoms with van der Waals surface area (Å²) in [5.41, 5.74) is 0. The lowest BCUT2D eigenvalue weighted by atomic mass is 10.2. The van der Waals surface area contributed by atoms with E-state index in [1.165, 1.54) is 4.90 Å². The standard InChI is InChI=1S/C12H22N2O4/c1-3-5-13(6-4-2)12(18)14-8-9(15)7-10(14)11(16)17/h9-10,15H,3-8H2,1-2H3,(H,16,17)/t9-,10-/m0/s1. The Labute approximate surface area is 107 Å². The summed E-state index contributed by atoms with van der Waals surface area (Å²) >= 11 is 0. The summed E-state index contributed by atoms with van der Waals surface area (Å²) in [5.74, 6) is -1.05. The first-order valence-corrected chi connectivity index (χ1v) is 6.47. The largest absolute Gasteiger partial charge is 0.480 e. The van der Waals surface area contributed by atoms with Gasteiger partial charge < -0.3 is 20.0 Å². The zero-order chi connectivity index (χ0) is 13.7. The molecule has 0 aliphatic carbocycles. The van der Waals surface area contributed by atoms with Crippen molar-refractivity contribution in [2.45, 2.75) is 45.3 Å². The summed E-state index contributed by atoms with van der Waals surface area (Å²) in [5, 5.41) is 18.6. The summed E-state index contributed by atoms with van der Waals surface area (Å²) in [6, 6.07) is -1.17. The second-order valence-electron chi connectivity index (χ2n) is 4.67. The van der Waals surface area contributed by atoms with Crippen LogP contribution in [0.2, 0.25) is 0 Å². The molecule has 1 heterocycles. The molecule has 1 fully saturated rings.